The van der Waals surface area contributed by atoms with E-state index in [9.17, 15) is 14.4 Å². The third-order valence-corrected chi connectivity index (χ3v) is 2.18. The van der Waals surface area contributed by atoms with Crippen molar-refractivity contribution in [2.45, 2.75) is 27.2 Å². The zero-order valence-electron chi connectivity index (χ0n) is 10.3. The molecule has 1 unspecified atom stereocenters. The van der Waals surface area contributed by atoms with Crippen LogP contribution >= 0.6 is 0 Å². The van der Waals surface area contributed by atoms with Crippen LogP contribution in [-0.4, -0.2) is 46.0 Å². The van der Waals surface area contributed by atoms with Crippen molar-refractivity contribution in [1.29, 1.82) is 0 Å². The highest BCUT2D eigenvalue weighted by atomic mass is 16.4. The number of carbonyl (C=O) groups is 3. The maximum Gasteiger partial charge on any atom is 0.323 e. The van der Waals surface area contributed by atoms with Crippen LogP contribution in [0.5, 0.6) is 0 Å². The first-order chi connectivity index (χ1) is 7.73. The molecule has 0 fully saturated rings. The van der Waals surface area contributed by atoms with E-state index in [2.05, 4.69) is 0 Å². The standard InChI is InChI=1S/C11H19NO5/c1-7(2)4-9(13)12(6-10(14)15)5-8(3)11(16)17/h7-8H,4-6H2,1-3H3,(H,14,15)(H,16,17). The fourth-order valence-corrected chi connectivity index (χ4v) is 1.30. The first kappa shape index (κ1) is 15.4. The summed E-state index contributed by atoms with van der Waals surface area (Å²) in [5.41, 5.74) is 0. The highest BCUT2D eigenvalue weighted by Gasteiger charge is 2.22. The molecule has 17 heavy (non-hydrogen) atoms. The SMILES string of the molecule is CC(C)CC(=O)N(CC(=O)O)CC(C)C(=O)O. The molecule has 0 aliphatic heterocycles. The summed E-state index contributed by atoms with van der Waals surface area (Å²) >= 11 is 0. The maximum atomic E-state index is 11.7. The fourth-order valence-electron chi connectivity index (χ4n) is 1.30. The van der Waals surface area contributed by atoms with Gasteiger partial charge < -0.3 is 15.1 Å². The average molecular weight is 245 g/mol. The van der Waals surface area contributed by atoms with Gasteiger partial charge in [-0.3, -0.25) is 14.4 Å². The Kier molecular flexibility index (Phi) is 6.23. The Morgan fingerprint density at radius 3 is 2.00 bits per heavy atom. The van der Waals surface area contributed by atoms with Gasteiger partial charge in [-0.2, -0.15) is 0 Å². The minimum Gasteiger partial charge on any atom is -0.481 e. The van der Waals surface area contributed by atoms with E-state index in [0.717, 1.165) is 4.90 Å². The van der Waals surface area contributed by atoms with Crippen molar-refractivity contribution in [3.63, 3.8) is 0 Å². The second-order valence-corrected chi connectivity index (χ2v) is 4.51. The number of hydrogen-bond acceptors (Lipinski definition) is 3. The smallest absolute Gasteiger partial charge is 0.323 e. The Hall–Kier alpha value is -1.59. The summed E-state index contributed by atoms with van der Waals surface area (Å²) < 4.78 is 0. The number of carboxylic acids is 2. The lowest BCUT2D eigenvalue weighted by atomic mass is 10.1. The van der Waals surface area contributed by atoms with Gasteiger partial charge in [-0.25, -0.2) is 0 Å². The van der Waals surface area contributed by atoms with E-state index in [4.69, 9.17) is 10.2 Å². The van der Waals surface area contributed by atoms with Crippen molar-refractivity contribution in [2.75, 3.05) is 13.1 Å². The first-order valence-electron chi connectivity index (χ1n) is 5.46. The van der Waals surface area contributed by atoms with Crippen LogP contribution < -0.4 is 0 Å². The molecule has 98 valence electrons. The van der Waals surface area contributed by atoms with E-state index >= 15 is 0 Å². The molecule has 1 amide bonds. The molecule has 0 radical (unpaired) electrons. The normalized spacial score (nSPS) is 12.2. The van der Waals surface area contributed by atoms with Crippen LogP contribution in [-0.2, 0) is 14.4 Å². The van der Waals surface area contributed by atoms with E-state index in [-0.39, 0.29) is 24.8 Å². The summed E-state index contributed by atoms with van der Waals surface area (Å²) in [6.45, 7) is 4.60. The summed E-state index contributed by atoms with van der Waals surface area (Å²) in [6, 6.07) is 0. The Labute approximate surface area is 100 Å². The number of carbonyl (C=O) groups excluding carboxylic acids is 1. The Morgan fingerprint density at radius 2 is 1.65 bits per heavy atom. The van der Waals surface area contributed by atoms with Gasteiger partial charge in [-0.1, -0.05) is 20.8 Å². The lowest BCUT2D eigenvalue weighted by Crippen LogP contribution is -2.40. The lowest BCUT2D eigenvalue weighted by Gasteiger charge is -2.23. The van der Waals surface area contributed by atoms with Crippen molar-refractivity contribution in [2.24, 2.45) is 11.8 Å². The molecule has 0 aliphatic carbocycles. The number of nitrogens with zero attached hydrogens (tertiary/aromatic N) is 1. The minimum atomic E-state index is -1.14. The van der Waals surface area contributed by atoms with Crippen LogP contribution in [0.3, 0.4) is 0 Å². The molecule has 0 saturated carbocycles. The summed E-state index contributed by atoms with van der Waals surface area (Å²) in [4.78, 5) is 34.1. The van der Waals surface area contributed by atoms with Crippen molar-refractivity contribution in [3.05, 3.63) is 0 Å². The monoisotopic (exact) mass is 245 g/mol. The fraction of sp³-hybridized carbons (Fsp3) is 0.727. The molecule has 1 atom stereocenters. The molecule has 0 rings (SSSR count). The van der Waals surface area contributed by atoms with E-state index in [0.29, 0.717) is 0 Å². The molecule has 2 N–H and O–H groups in total. The van der Waals surface area contributed by atoms with E-state index in [1.807, 2.05) is 13.8 Å². The van der Waals surface area contributed by atoms with E-state index < -0.39 is 24.4 Å². The number of amides is 1. The van der Waals surface area contributed by atoms with Gasteiger partial charge >= 0.3 is 11.9 Å². The molecule has 0 aromatic heterocycles. The van der Waals surface area contributed by atoms with Gasteiger partial charge in [0, 0.05) is 13.0 Å². The number of hydrogen-bond donors (Lipinski definition) is 2. The largest absolute Gasteiger partial charge is 0.481 e. The molecule has 0 saturated heterocycles. The molecular formula is C11H19NO5. The second kappa shape index (κ2) is 6.88. The zero-order chi connectivity index (χ0) is 13.6. The van der Waals surface area contributed by atoms with Gasteiger partial charge in [-0.05, 0) is 5.92 Å². The van der Waals surface area contributed by atoms with E-state index in [1.54, 1.807) is 0 Å². The third-order valence-electron chi connectivity index (χ3n) is 2.18. The van der Waals surface area contributed by atoms with Crippen molar-refractivity contribution < 1.29 is 24.6 Å². The molecule has 6 nitrogen and oxygen atoms in total. The van der Waals surface area contributed by atoms with Gasteiger partial charge in [0.05, 0.1) is 5.92 Å². The Balaban J connectivity index is 4.58. The summed E-state index contributed by atoms with van der Waals surface area (Å²) in [6.07, 6.45) is 0.222. The summed E-state index contributed by atoms with van der Waals surface area (Å²) in [5.74, 6) is -3.17. The van der Waals surface area contributed by atoms with Crippen LogP contribution in [0, 0.1) is 11.8 Å². The molecule has 0 heterocycles. The molecule has 0 spiro atoms. The van der Waals surface area contributed by atoms with Gasteiger partial charge in [0.25, 0.3) is 0 Å². The zero-order valence-corrected chi connectivity index (χ0v) is 10.3. The van der Waals surface area contributed by atoms with Crippen molar-refractivity contribution >= 4 is 17.8 Å². The number of rotatable bonds is 7. The Morgan fingerprint density at radius 1 is 1.12 bits per heavy atom. The summed E-state index contributed by atoms with van der Waals surface area (Å²) in [7, 11) is 0. The topological polar surface area (TPSA) is 94.9 Å². The molecular weight excluding hydrogens is 226 g/mol. The average Bonchev–Trinajstić information content (AvgIpc) is 2.14. The molecule has 0 bridgehead atoms. The van der Waals surface area contributed by atoms with Gasteiger partial charge in [0.2, 0.25) is 5.91 Å². The van der Waals surface area contributed by atoms with Gasteiger partial charge in [0.15, 0.2) is 0 Å². The predicted octanol–water partition coefficient (Wildman–Crippen LogP) is 0.666. The lowest BCUT2D eigenvalue weighted by molar-refractivity contribution is -0.148. The van der Waals surface area contributed by atoms with Crippen LogP contribution in [0.25, 0.3) is 0 Å². The number of carboxylic acid groups (broad SMARTS) is 2. The molecule has 0 aromatic carbocycles. The highest BCUT2D eigenvalue weighted by molar-refractivity contribution is 5.82. The van der Waals surface area contributed by atoms with Crippen molar-refractivity contribution in [1.82, 2.24) is 4.90 Å². The maximum absolute atomic E-state index is 11.7. The van der Waals surface area contributed by atoms with Gasteiger partial charge in [-0.15, -0.1) is 0 Å². The van der Waals surface area contributed by atoms with Crippen molar-refractivity contribution in [3.8, 4) is 0 Å². The summed E-state index contributed by atoms with van der Waals surface area (Å²) in [5, 5.41) is 17.4. The third kappa shape index (κ3) is 6.55. The predicted molar refractivity (Wildman–Crippen MR) is 60.5 cm³/mol. The molecule has 0 aromatic rings. The van der Waals surface area contributed by atoms with Crippen LogP contribution in [0.4, 0.5) is 0 Å². The minimum absolute atomic E-state index is 0.0762. The van der Waals surface area contributed by atoms with Crippen LogP contribution in [0.15, 0.2) is 0 Å². The Bertz CT molecular complexity index is 300. The first-order valence-corrected chi connectivity index (χ1v) is 5.46. The van der Waals surface area contributed by atoms with Crippen LogP contribution in [0.2, 0.25) is 0 Å². The van der Waals surface area contributed by atoms with Crippen LogP contribution in [0.1, 0.15) is 27.2 Å². The highest BCUT2D eigenvalue weighted by Crippen LogP contribution is 2.07. The second-order valence-electron chi connectivity index (χ2n) is 4.51. The quantitative estimate of drug-likeness (QED) is 0.687. The molecule has 0 aliphatic rings. The van der Waals surface area contributed by atoms with E-state index in [1.165, 1.54) is 6.92 Å². The van der Waals surface area contributed by atoms with Gasteiger partial charge in [0.1, 0.15) is 6.54 Å². The number of aliphatic carboxylic acids is 2. The molecule has 6 heteroatoms.